The van der Waals surface area contributed by atoms with Gasteiger partial charge in [-0.25, -0.2) is 0 Å². The summed E-state index contributed by atoms with van der Waals surface area (Å²) in [6.07, 6.45) is 3.30. The summed E-state index contributed by atoms with van der Waals surface area (Å²) in [5.74, 6) is 0.130. The van der Waals surface area contributed by atoms with Crippen molar-refractivity contribution in [3.63, 3.8) is 0 Å². The molecule has 0 unspecified atom stereocenters. The maximum Gasteiger partial charge on any atom is 0.228 e. The number of amides is 1. The molecule has 1 aromatic carbocycles. The van der Waals surface area contributed by atoms with Crippen molar-refractivity contribution in [3.8, 4) is 0 Å². The number of morpholine rings is 1. The van der Waals surface area contributed by atoms with Crippen LogP contribution in [0.15, 0.2) is 30.3 Å². The summed E-state index contributed by atoms with van der Waals surface area (Å²) < 4.78 is 5.96. The Kier molecular flexibility index (Phi) is 5.87. The van der Waals surface area contributed by atoms with Crippen molar-refractivity contribution in [1.82, 2.24) is 10.2 Å². The molecule has 1 N–H and O–H groups in total. The Morgan fingerprint density at radius 3 is 3.00 bits per heavy atom. The molecule has 3 atom stereocenters. The van der Waals surface area contributed by atoms with Gasteiger partial charge in [0.15, 0.2) is 0 Å². The molecule has 2 fully saturated rings. The van der Waals surface area contributed by atoms with E-state index in [4.69, 9.17) is 4.74 Å². The first kappa shape index (κ1) is 17.4. The van der Waals surface area contributed by atoms with Crippen LogP contribution in [-0.4, -0.2) is 62.3 Å². The number of anilines is 1. The molecule has 24 heavy (non-hydrogen) atoms. The van der Waals surface area contributed by atoms with E-state index in [1.54, 1.807) is 4.90 Å². The van der Waals surface area contributed by atoms with Crippen molar-refractivity contribution in [2.75, 3.05) is 38.2 Å². The molecular weight excluding hydrogens is 302 g/mol. The maximum atomic E-state index is 12.4. The Labute approximate surface area is 145 Å². The number of ether oxygens (including phenoxy) is 1. The van der Waals surface area contributed by atoms with Crippen molar-refractivity contribution in [2.45, 2.75) is 44.4 Å². The highest BCUT2D eigenvalue weighted by Crippen LogP contribution is 2.22. The highest BCUT2D eigenvalue weighted by Gasteiger charge is 2.32. The Hall–Kier alpha value is -1.43. The van der Waals surface area contributed by atoms with Crippen molar-refractivity contribution in [2.24, 2.45) is 0 Å². The second-order valence-corrected chi connectivity index (χ2v) is 7.05. The van der Waals surface area contributed by atoms with Crippen LogP contribution in [0.3, 0.4) is 0 Å². The molecule has 0 aromatic heterocycles. The van der Waals surface area contributed by atoms with Crippen LogP contribution in [0.25, 0.3) is 0 Å². The average molecular weight is 331 g/mol. The first-order chi connectivity index (χ1) is 11.6. The number of hydrogen-bond donors (Lipinski definition) is 1. The average Bonchev–Trinajstić information content (AvgIpc) is 3.07. The summed E-state index contributed by atoms with van der Waals surface area (Å²) in [5.41, 5.74) is 0.936. The second-order valence-electron chi connectivity index (χ2n) is 7.05. The highest BCUT2D eigenvalue weighted by atomic mass is 16.5. The summed E-state index contributed by atoms with van der Waals surface area (Å²) in [5, 5.41) is 3.47. The fourth-order valence-electron chi connectivity index (χ4n) is 3.61. The normalized spacial score (nSPS) is 25.2. The second kappa shape index (κ2) is 8.10. The summed E-state index contributed by atoms with van der Waals surface area (Å²) in [7, 11) is 1.84. The molecule has 0 bridgehead atoms. The number of rotatable bonds is 6. The molecule has 0 saturated carbocycles. The smallest absolute Gasteiger partial charge is 0.228 e. The fourth-order valence-corrected chi connectivity index (χ4v) is 3.61. The van der Waals surface area contributed by atoms with Gasteiger partial charge in [0.2, 0.25) is 5.91 Å². The van der Waals surface area contributed by atoms with Crippen LogP contribution in [0, 0.1) is 0 Å². The third-order valence-corrected chi connectivity index (χ3v) is 5.15. The molecule has 132 valence electrons. The molecule has 2 aliphatic rings. The van der Waals surface area contributed by atoms with Gasteiger partial charge in [-0.1, -0.05) is 18.2 Å². The summed E-state index contributed by atoms with van der Waals surface area (Å²) in [6.45, 7) is 5.96. The van der Waals surface area contributed by atoms with Gasteiger partial charge in [0, 0.05) is 44.3 Å². The van der Waals surface area contributed by atoms with E-state index in [0.29, 0.717) is 12.5 Å². The third-order valence-electron chi connectivity index (χ3n) is 5.15. The van der Waals surface area contributed by atoms with E-state index in [1.807, 2.05) is 37.4 Å². The predicted molar refractivity (Wildman–Crippen MR) is 96.3 cm³/mol. The van der Waals surface area contributed by atoms with Crippen LogP contribution < -0.4 is 10.2 Å². The zero-order chi connectivity index (χ0) is 16.9. The number of carbonyl (C=O) groups is 1. The van der Waals surface area contributed by atoms with Crippen LogP contribution in [0.4, 0.5) is 5.69 Å². The Balaban J connectivity index is 1.40. The highest BCUT2D eigenvalue weighted by molar-refractivity contribution is 5.93. The van der Waals surface area contributed by atoms with Gasteiger partial charge < -0.3 is 15.0 Å². The lowest BCUT2D eigenvalue weighted by atomic mass is 10.1. The van der Waals surface area contributed by atoms with E-state index < -0.39 is 0 Å². The van der Waals surface area contributed by atoms with Crippen molar-refractivity contribution >= 4 is 11.6 Å². The number of fused-ring (bicyclic) bond motifs is 1. The molecule has 0 aliphatic carbocycles. The van der Waals surface area contributed by atoms with Gasteiger partial charge >= 0.3 is 0 Å². The van der Waals surface area contributed by atoms with Gasteiger partial charge in [-0.3, -0.25) is 9.69 Å². The Morgan fingerprint density at radius 2 is 2.21 bits per heavy atom. The van der Waals surface area contributed by atoms with E-state index in [0.717, 1.165) is 25.4 Å². The molecule has 0 radical (unpaired) electrons. The zero-order valence-corrected chi connectivity index (χ0v) is 14.8. The van der Waals surface area contributed by atoms with E-state index in [1.165, 1.54) is 19.4 Å². The predicted octanol–water partition coefficient (Wildman–Crippen LogP) is 1.88. The minimum atomic E-state index is 0.130. The molecule has 2 saturated heterocycles. The standard InChI is InChI=1S/C19H29N3O2/c1-15(11-19(23)21(2)16-7-4-3-5-8-16)20-12-18-13-22-10-6-9-17(22)14-24-18/h3-5,7-8,15,17-18,20H,6,9-14H2,1-2H3/t15-,17-,18-/m1/s1. The van der Waals surface area contributed by atoms with Crippen molar-refractivity contribution < 1.29 is 9.53 Å². The molecule has 1 amide bonds. The Morgan fingerprint density at radius 1 is 1.42 bits per heavy atom. The summed E-state index contributed by atoms with van der Waals surface area (Å²) in [4.78, 5) is 16.7. The number of carbonyl (C=O) groups excluding carboxylic acids is 1. The lowest BCUT2D eigenvalue weighted by Crippen LogP contribution is -2.50. The molecule has 2 heterocycles. The summed E-state index contributed by atoms with van der Waals surface area (Å²) in [6, 6.07) is 10.6. The molecule has 5 nitrogen and oxygen atoms in total. The number of hydrogen-bond acceptors (Lipinski definition) is 4. The van der Waals surface area contributed by atoms with Gasteiger partial charge in [-0.05, 0) is 38.4 Å². The number of para-hydroxylation sites is 1. The quantitative estimate of drug-likeness (QED) is 0.864. The van der Waals surface area contributed by atoms with Crippen LogP contribution in [0.1, 0.15) is 26.2 Å². The lowest BCUT2D eigenvalue weighted by molar-refractivity contribution is -0.118. The van der Waals surface area contributed by atoms with E-state index in [-0.39, 0.29) is 18.1 Å². The number of benzene rings is 1. The van der Waals surface area contributed by atoms with Crippen LogP contribution >= 0.6 is 0 Å². The minimum absolute atomic E-state index is 0.130. The maximum absolute atomic E-state index is 12.4. The van der Waals surface area contributed by atoms with Gasteiger partial charge in [-0.2, -0.15) is 0 Å². The molecular formula is C19H29N3O2. The van der Waals surface area contributed by atoms with Crippen LogP contribution in [0.5, 0.6) is 0 Å². The molecule has 5 heteroatoms. The van der Waals surface area contributed by atoms with Crippen molar-refractivity contribution in [3.05, 3.63) is 30.3 Å². The van der Waals surface area contributed by atoms with Gasteiger partial charge in [-0.15, -0.1) is 0 Å². The largest absolute Gasteiger partial charge is 0.374 e. The number of nitrogens with one attached hydrogen (secondary N) is 1. The van der Waals surface area contributed by atoms with E-state index >= 15 is 0 Å². The van der Waals surface area contributed by atoms with Gasteiger partial charge in [0.05, 0.1) is 12.7 Å². The van der Waals surface area contributed by atoms with Crippen LogP contribution in [0.2, 0.25) is 0 Å². The first-order valence-electron chi connectivity index (χ1n) is 9.04. The topological polar surface area (TPSA) is 44.8 Å². The summed E-state index contributed by atoms with van der Waals surface area (Å²) >= 11 is 0. The first-order valence-corrected chi connectivity index (χ1v) is 9.04. The van der Waals surface area contributed by atoms with Gasteiger partial charge in [0.25, 0.3) is 0 Å². The van der Waals surface area contributed by atoms with E-state index in [9.17, 15) is 4.79 Å². The molecule has 2 aliphatic heterocycles. The molecule has 1 aromatic rings. The lowest BCUT2D eigenvalue weighted by Gasteiger charge is -2.35. The molecule has 0 spiro atoms. The minimum Gasteiger partial charge on any atom is -0.374 e. The van der Waals surface area contributed by atoms with E-state index in [2.05, 4.69) is 17.1 Å². The third kappa shape index (κ3) is 4.35. The fraction of sp³-hybridized carbons (Fsp3) is 0.632. The van der Waals surface area contributed by atoms with Gasteiger partial charge in [0.1, 0.15) is 0 Å². The zero-order valence-electron chi connectivity index (χ0n) is 14.8. The monoisotopic (exact) mass is 331 g/mol. The number of nitrogens with zero attached hydrogens (tertiary/aromatic N) is 2. The Bertz CT molecular complexity index is 537. The SMILES string of the molecule is C[C@H](CC(=O)N(C)c1ccccc1)NC[C@@H]1CN2CCC[C@@H]2CO1. The van der Waals surface area contributed by atoms with Crippen LogP contribution in [-0.2, 0) is 9.53 Å². The molecule has 3 rings (SSSR count). The van der Waals surface area contributed by atoms with Crippen molar-refractivity contribution in [1.29, 1.82) is 0 Å².